The Morgan fingerprint density at radius 3 is 2.76 bits per heavy atom. The minimum Gasteiger partial charge on any atom is -0.361 e. The van der Waals surface area contributed by atoms with E-state index >= 15 is 0 Å². The zero-order valence-corrected chi connectivity index (χ0v) is 16.7. The summed E-state index contributed by atoms with van der Waals surface area (Å²) >= 11 is 6.50. The highest BCUT2D eigenvalue weighted by atomic mass is 35.5. The van der Waals surface area contributed by atoms with E-state index in [1.54, 1.807) is 0 Å². The lowest BCUT2D eigenvalue weighted by molar-refractivity contribution is -0.126. The fourth-order valence-corrected chi connectivity index (χ4v) is 4.10. The summed E-state index contributed by atoms with van der Waals surface area (Å²) in [5.74, 6) is -0.234. The summed E-state index contributed by atoms with van der Waals surface area (Å²) < 4.78 is 0. The highest BCUT2D eigenvalue weighted by Gasteiger charge is 2.23. The lowest BCUT2D eigenvalue weighted by atomic mass is 9.90. The molecule has 150 valence electrons. The van der Waals surface area contributed by atoms with Gasteiger partial charge in [0.1, 0.15) is 0 Å². The van der Waals surface area contributed by atoms with E-state index in [4.69, 9.17) is 11.6 Å². The molecule has 2 heterocycles. The maximum atomic E-state index is 12.5. The third-order valence-corrected chi connectivity index (χ3v) is 5.61. The van der Waals surface area contributed by atoms with Crippen LogP contribution in [0, 0.1) is 0 Å². The summed E-state index contributed by atoms with van der Waals surface area (Å²) in [7, 11) is 0. The maximum absolute atomic E-state index is 12.5. The number of nitrogens with one attached hydrogen (secondary N) is 3. The first-order valence-electron chi connectivity index (χ1n) is 9.68. The molecule has 1 saturated heterocycles. The number of nitrogens with zero attached hydrogens (tertiary/aromatic N) is 1. The Hall–Kier alpha value is -2.83. The molecule has 1 aliphatic heterocycles. The van der Waals surface area contributed by atoms with Crippen molar-refractivity contribution in [2.75, 3.05) is 32.7 Å². The van der Waals surface area contributed by atoms with Crippen LogP contribution in [0.25, 0.3) is 10.9 Å². The molecule has 3 N–H and O–H groups in total. The number of H-pyrrole nitrogens is 1. The number of halogens is 1. The van der Waals surface area contributed by atoms with Gasteiger partial charge in [0.25, 0.3) is 0 Å². The second kappa shape index (κ2) is 8.68. The summed E-state index contributed by atoms with van der Waals surface area (Å²) in [5, 5.41) is 7.59. The summed E-state index contributed by atoms with van der Waals surface area (Å²) in [6.45, 7) is 2.13. The number of aromatic amines is 1. The molecule has 0 saturated carbocycles. The van der Waals surface area contributed by atoms with Crippen molar-refractivity contribution in [3.8, 4) is 0 Å². The van der Waals surface area contributed by atoms with Gasteiger partial charge in [-0.3, -0.25) is 14.5 Å². The molecule has 2 amide bonds. The molecule has 0 radical (unpaired) electrons. The molecule has 1 atom stereocenters. The average Bonchev–Trinajstić information content (AvgIpc) is 3.13. The molecule has 29 heavy (non-hydrogen) atoms. The topological polar surface area (TPSA) is 77.2 Å². The highest BCUT2D eigenvalue weighted by Crippen LogP contribution is 2.34. The Kier molecular flexibility index (Phi) is 5.83. The second-order valence-corrected chi connectivity index (χ2v) is 7.64. The van der Waals surface area contributed by atoms with E-state index < -0.39 is 0 Å². The Labute approximate surface area is 174 Å². The van der Waals surface area contributed by atoms with Gasteiger partial charge in [0.15, 0.2) is 0 Å². The molecule has 7 heteroatoms. The van der Waals surface area contributed by atoms with E-state index in [-0.39, 0.29) is 30.8 Å². The molecule has 6 nitrogen and oxygen atoms in total. The van der Waals surface area contributed by atoms with Gasteiger partial charge in [-0.05, 0) is 23.3 Å². The Morgan fingerprint density at radius 2 is 1.93 bits per heavy atom. The number of carbonyl (C=O) groups is 2. The molecule has 0 aliphatic carbocycles. The Balaban J connectivity index is 1.54. The lowest BCUT2D eigenvalue weighted by Crippen LogP contribution is -2.50. The average molecular weight is 411 g/mol. The number of rotatable bonds is 6. The minimum absolute atomic E-state index is 0.0446. The number of aromatic nitrogens is 1. The van der Waals surface area contributed by atoms with Crippen molar-refractivity contribution in [3.63, 3.8) is 0 Å². The summed E-state index contributed by atoms with van der Waals surface area (Å²) in [6.07, 6.45) is 1.99. The monoisotopic (exact) mass is 410 g/mol. The molecule has 1 aromatic heterocycles. The Bertz CT molecular complexity index is 1030. The van der Waals surface area contributed by atoms with E-state index in [9.17, 15) is 9.59 Å². The molecule has 0 bridgehead atoms. The van der Waals surface area contributed by atoms with E-state index in [0.29, 0.717) is 24.7 Å². The predicted octanol–water partition coefficient (Wildman–Crippen LogP) is 2.50. The fourth-order valence-electron chi connectivity index (χ4n) is 3.83. The van der Waals surface area contributed by atoms with E-state index in [2.05, 4.69) is 21.7 Å². The quantitative estimate of drug-likeness (QED) is 0.584. The Morgan fingerprint density at radius 1 is 1.14 bits per heavy atom. The van der Waals surface area contributed by atoms with Gasteiger partial charge in [0.05, 0.1) is 13.1 Å². The van der Waals surface area contributed by atoms with Crippen molar-refractivity contribution >= 4 is 34.3 Å². The van der Waals surface area contributed by atoms with Crippen molar-refractivity contribution < 1.29 is 9.59 Å². The SMILES string of the molecule is O=C1CN(CC(=O)NCC(c2ccccc2Cl)c2c[nH]c3ccccc23)CCN1. The third kappa shape index (κ3) is 4.44. The highest BCUT2D eigenvalue weighted by molar-refractivity contribution is 6.31. The normalized spacial score (nSPS) is 15.8. The number of hydrogen-bond acceptors (Lipinski definition) is 3. The van der Waals surface area contributed by atoms with Gasteiger partial charge in [0.2, 0.25) is 11.8 Å². The van der Waals surface area contributed by atoms with Gasteiger partial charge in [-0.15, -0.1) is 0 Å². The number of benzene rings is 2. The van der Waals surface area contributed by atoms with Gasteiger partial charge < -0.3 is 15.6 Å². The van der Waals surface area contributed by atoms with Crippen LogP contribution in [0.2, 0.25) is 5.02 Å². The van der Waals surface area contributed by atoms with E-state index in [0.717, 1.165) is 22.0 Å². The van der Waals surface area contributed by atoms with Crippen molar-refractivity contribution in [2.45, 2.75) is 5.92 Å². The fraction of sp³-hybridized carbons (Fsp3) is 0.273. The summed E-state index contributed by atoms with van der Waals surface area (Å²) in [6, 6.07) is 15.8. The van der Waals surface area contributed by atoms with Crippen LogP contribution in [-0.2, 0) is 9.59 Å². The van der Waals surface area contributed by atoms with E-state index in [1.165, 1.54) is 0 Å². The molecule has 0 spiro atoms. The molecule has 1 aliphatic rings. The number of piperazine rings is 1. The second-order valence-electron chi connectivity index (χ2n) is 7.23. The predicted molar refractivity (Wildman–Crippen MR) is 114 cm³/mol. The van der Waals surface area contributed by atoms with Crippen LogP contribution in [0.5, 0.6) is 0 Å². The summed E-state index contributed by atoms with van der Waals surface area (Å²) in [4.78, 5) is 29.2. The van der Waals surface area contributed by atoms with Crippen LogP contribution in [0.15, 0.2) is 54.7 Å². The van der Waals surface area contributed by atoms with Crippen molar-refractivity contribution in [3.05, 3.63) is 70.9 Å². The van der Waals surface area contributed by atoms with Crippen molar-refractivity contribution in [1.29, 1.82) is 0 Å². The van der Waals surface area contributed by atoms with Gasteiger partial charge in [-0.25, -0.2) is 0 Å². The van der Waals surface area contributed by atoms with Crippen LogP contribution in [-0.4, -0.2) is 54.4 Å². The van der Waals surface area contributed by atoms with Gasteiger partial charge in [0, 0.05) is 47.7 Å². The third-order valence-electron chi connectivity index (χ3n) is 5.27. The molecule has 2 aromatic carbocycles. The van der Waals surface area contributed by atoms with Crippen molar-refractivity contribution in [2.24, 2.45) is 0 Å². The molecular weight excluding hydrogens is 388 g/mol. The zero-order chi connectivity index (χ0) is 20.2. The van der Waals surface area contributed by atoms with Crippen LogP contribution in [0.3, 0.4) is 0 Å². The van der Waals surface area contributed by atoms with Crippen LogP contribution in [0.4, 0.5) is 0 Å². The lowest BCUT2D eigenvalue weighted by Gasteiger charge is -2.26. The van der Waals surface area contributed by atoms with Gasteiger partial charge >= 0.3 is 0 Å². The molecule has 1 fully saturated rings. The summed E-state index contributed by atoms with van der Waals surface area (Å²) in [5.41, 5.74) is 3.10. The zero-order valence-electron chi connectivity index (χ0n) is 16.0. The number of hydrogen-bond donors (Lipinski definition) is 3. The first kappa shape index (κ1) is 19.5. The minimum atomic E-state index is -0.100. The molecule has 4 rings (SSSR count). The van der Waals surface area contributed by atoms with Crippen LogP contribution >= 0.6 is 11.6 Å². The number of amides is 2. The first-order valence-corrected chi connectivity index (χ1v) is 10.1. The number of fused-ring (bicyclic) bond motifs is 1. The van der Waals surface area contributed by atoms with Crippen LogP contribution in [0.1, 0.15) is 17.0 Å². The largest absolute Gasteiger partial charge is 0.361 e. The van der Waals surface area contributed by atoms with Gasteiger partial charge in [-0.1, -0.05) is 48.0 Å². The smallest absolute Gasteiger partial charge is 0.234 e. The van der Waals surface area contributed by atoms with Crippen molar-refractivity contribution in [1.82, 2.24) is 20.5 Å². The van der Waals surface area contributed by atoms with E-state index in [1.807, 2.05) is 53.6 Å². The maximum Gasteiger partial charge on any atom is 0.234 e. The number of para-hydroxylation sites is 1. The van der Waals surface area contributed by atoms with Gasteiger partial charge in [-0.2, -0.15) is 0 Å². The molecular formula is C22H23ClN4O2. The van der Waals surface area contributed by atoms with Crippen LogP contribution < -0.4 is 10.6 Å². The molecule has 1 unspecified atom stereocenters. The standard InChI is InChI=1S/C22H23ClN4O2/c23-19-7-3-1-5-15(19)17(18-11-25-20-8-4-2-6-16(18)20)12-26-22(29)14-27-10-9-24-21(28)13-27/h1-8,11,17,25H,9-10,12-14H2,(H,24,28)(H,26,29). The first-order chi connectivity index (χ1) is 14.1. The molecule has 3 aromatic rings. The number of carbonyl (C=O) groups excluding carboxylic acids is 2.